The topological polar surface area (TPSA) is 78.4 Å². The Morgan fingerprint density at radius 1 is 1.32 bits per heavy atom. The smallest absolute Gasteiger partial charge is 0.337 e. The number of carbonyl (C=O) groups excluding carboxylic acids is 1. The second-order valence-electron chi connectivity index (χ2n) is 3.34. The van der Waals surface area contributed by atoms with Gasteiger partial charge >= 0.3 is 12.0 Å². The Hall–Kier alpha value is -1.22. The number of hydrogen-bond acceptors (Lipinski definition) is 2. The van der Waals surface area contributed by atoms with Crippen molar-refractivity contribution < 1.29 is 23.5 Å². The molecule has 0 fully saturated rings. The lowest BCUT2D eigenvalue weighted by Gasteiger charge is -2.12. The summed E-state index contributed by atoms with van der Waals surface area (Å²) in [6.45, 7) is -0.817. The van der Waals surface area contributed by atoms with Crippen LogP contribution in [0, 0.1) is 0 Å². The predicted molar refractivity (Wildman–Crippen MR) is 71.8 cm³/mol. The SMILES string of the molecule is O=C(NCC(F)F)Nc1c(Br)cc(Br)cc1C(=O)O. The van der Waals surface area contributed by atoms with Gasteiger partial charge in [0.1, 0.15) is 0 Å². The first-order valence-corrected chi connectivity index (χ1v) is 6.45. The highest BCUT2D eigenvalue weighted by Crippen LogP contribution is 2.30. The van der Waals surface area contributed by atoms with E-state index < -0.39 is 25.0 Å². The molecule has 2 amide bonds. The van der Waals surface area contributed by atoms with Crippen LogP contribution >= 0.6 is 31.9 Å². The first-order valence-electron chi connectivity index (χ1n) is 4.86. The van der Waals surface area contributed by atoms with Crippen LogP contribution in [0.15, 0.2) is 21.1 Å². The summed E-state index contributed by atoms with van der Waals surface area (Å²) in [7, 11) is 0. The van der Waals surface area contributed by atoms with E-state index in [9.17, 15) is 18.4 Å². The second-order valence-corrected chi connectivity index (χ2v) is 5.11. The van der Waals surface area contributed by atoms with Crippen molar-refractivity contribution in [2.24, 2.45) is 0 Å². The Morgan fingerprint density at radius 3 is 2.47 bits per heavy atom. The Morgan fingerprint density at radius 2 is 1.95 bits per heavy atom. The lowest BCUT2D eigenvalue weighted by molar-refractivity contribution is 0.0698. The molecule has 0 saturated carbocycles. The maximum Gasteiger partial charge on any atom is 0.337 e. The van der Waals surface area contributed by atoms with Gasteiger partial charge in [-0.05, 0) is 28.1 Å². The molecule has 0 atom stereocenters. The fourth-order valence-electron chi connectivity index (χ4n) is 1.20. The third-order valence-electron chi connectivity index (χ3n) is 1.94. The lowest BCUT2D eigenvalue weighted by Crippen LogP contribution is -2.33. The number of urea groups is 1. The number of amides is 2. The molecule has 0 radical (unpaired) electrons. The van der Waals surface area contributed by atoms with Crippen LogP contribution in [0.3, 0.4) is 0 Å². The van der Waals surface area contributed by atoms with E-state index in [0.29, 0.717) is 8.95 Å². The van der Waals surface area contributed by atoms with E-state index in [4.69, 9.17) is 5.11 Å². The molecule has 0 heterocycles. The van der Waals surface area contributed by atoms with Crippen molar-refractivity contribution in [2.45, 2.75) is 6.43 Å². The summed E-state index contributed by atoms with van der Waals surface area (Å²) in [5.74, 6) is -1.26. The molecule has 3 N–H and O–H groups in total. The molecule has 104 valence electrons. The molecule has 0 aliphatic heterocycles. The van der Waals surface area contributed by atoms with Gasteiger partial charge in [0, 0.05) is 8.95 Å². The average Bonchev–Trinajstić information content (AvgIpc) is 2.29. The summed E-state index contributed by atoms with van der Waals surface area (Å²) >= 11 is 6.20. The van der Waals surface area contributed by atoms with Gasteiger partial charge in [-0.2, -0.15) is 0 Å². The summed E-state index contributed by atoms with van der Waals surface area (Å²) in [5, 5.41) is 13.1. The number of halogens is 4. The highest BCUT2D eigenvalue weighted by Gasteiger charge is 2.17. The highest BCUT2D eigenvalue weighted by molar-refractivity contribution is 9.11. The van der Waals surface area contributed by atoms with Gasteiger partial charge in [0.05, 0.1) is 17.8 Å². The van der Waals surface area contributed by atoms with Gasteiger partial charge in [-0.1, -0.05) is 15.9 Å². The number of nitrogens with one attached hydrogen (secondary N) is 2. The van der Waals surface area contributed by atoms with Gasteiger partial charge < -0.3 is 15.7 Å². The molecule has 0 unspecified atom stereocenters. The van der Waals surface area contributed by atoms with Crippen LogP contribution in [0.1, 0.15) is 10.4 Å². The Kier molecular flexibility index (Phi) is 5.67. The Labute approximate surface area is 123 Å². The average molecular weight is 402 g/mol. The monoisotopic (exact) mass is 400 g/mol. The van der Waals surface area contributed by atoms with Crippen LogP contribution in [-0.4, -0.2) is 30.1 Å². The lowest BCUT2D eigenvalue weighted by atomic mass is 10.2. The van der Waals surface area contributed by atoms with Gasteiger partial charge in [0.15, 0.2) is 0 Å². The number of carboxylic acids is 1. The van der Waals surface area contributed by atoms with Crippen LogP contribution in [0.2, 0.25) is 0 Å². The number of carbonyl (C=O) groups is 2. The number of carboxylic acid groups (broad SMARTS) is 1. The summed E-state index contributed by atoms with van der Waals surface area (Å²) in [6.07, 6.45) is -2.68. The van der Waals surface area contributed by atoms with E-state index in [1.54, 1.807) is 0 Å². The molecule has 0 saturated heterocycles. The molecular weight excluding hydrogens is 394 g/mol. The molecule has 9 heteroatoms. The highest BCUT2D eigenvalue weighted by atomic mass is 79.9. The number of anilines is 1. The standard InChI is InChI=1S/C10H8Br2F2N2O3/c11-4-1-5(9(17)18)8(6(12)2-4)16-10(19)15-3-7(13)14/h1-2,7H,3H2,(H,17,18)(H2,15,16,19). The maximum absolute atomic E-state index is 11.9. The van der Waals surface area contributed by atoms with E-state index >= 15 is 0 Å². The molecule has 1 aromatic carbocycles. The molecular formula is C10H8Br2F2N2O3. The normalized spacial score (nSPS) is 10.4. The third kappa shape index (κ3) is 4.75. The fourth-order valence-corrected chi connectivity index (χ4v) is 2.52. The van der Waals surface area contributed by atoms with Crippen molar-refractivity contribution in [3.63, 3.8) is 0 Å². The zero-order chi connectivity index (χ0) is 14.6. The summed E-state index contributed by atoms with van der Waals surface area (Å²) < 4.78 is 24.7. The van der Waals surface area contributed by atoms with Gasteiger partial charge in [-0.25, -0.2) is 18.4 Å². The first-order chi connectivity index (χ1) is 8.81. The molecule has 1 aromatic rings. The number of hydrogen-bond donors (Lipinski definition) is 3. The predicted octanol–water partition coefficient (Wildman–Crippen LogP) is 3.30. The van der Waals surface area contributed by atoms with E-state index in [1.807, 2.05) is 5.32 Å². The molecule has 0 aliphatic carbocycles. The number of rotatable bonds is 4. The zero-order valence-electron chi connectivity index (χ0n) is 9.21. The molecule has 5 nitrogen and oxygen atoms in total. The molecule has 0 aliphatic rings. The van der Waals surface area contributed by atoms with Gasteiger partial charge in [-0.3, -0.25) is 0 Å². The third-order valence-corrected chi connectivity index (χ3v) is 3.02. The maximum atomic E-state index is 11.9. The minimum atomic E-state index is -2.68. The van der Waals surface area contributed by atoms with Crippen LogP contribution in [-0.2, 0) is 0 Å². The Bertz CT molecular complexity index is 512. The van der Waals surface area contributed by atoms with E-state index in [2.05, 4.69) is 37.2 Å². The van der Waals surface area contributed by atoms with Crippen molar-refractivity contribution in [2.75, 3.05) is 11.9 Å². The molecule has 0 spiro atoms. The quantitative estimate of drug-likeness (QED) is 0.724. The van der Waals surface area contributed by atoms with E-state index in [0.717, 1.165) is 0 Å². The van der Waals surface area contributed by atoms with Crippen LogP contribution in [0.5, 0.6) is 0 Å². The summed E-state index contributed by atoms with van der Waals surface area (Å²) in [4.78, 5) is 22.4. The van der Waals surface area contributed by atoms with Crippen LogP contribution in [0.4, 0.5) is 19.3 Å². The number of alkyl halides is 2. The molecule has 0 bridgehead atoms. The number of aromatic carboxylic acids is 1. The largest absolute Gasteiger partial charge is 0.478 e. The van der Waals surface area contributed by atoms with Crippen molar-refractivity contribution >= 4 is 49.5 Å². The summed E-state index contributed by atoms with van der Waals surface area (Å²) in [6, 6.07) is 1.90. The molecule has 1 rings (SSSR count). The minimum Gasteiger partial charge on any atom is -0.478 e. The van der Waals surface area contributed by atoms with Gasteiger partial charge in [0.25, 0.3) is 6.43 Å². The van der Waals surface area contributed by atoms with Crippen molar-refractivity contribution in [1.82, 2.24) is 5.32 Å². The van der Waals surface area contributed by atoms with Crippen molar-refractivity contribution in [1.29, 1.82) is 0 Å². The Balaban J connectivity index is 2.94. The van der Waals surface area contributed by atoms with Gasteiger partial charge in [0.2, 0.25) is 0 Å². The fraction of sp³-hybridized carbons (Fsp3) is 0.200. The zero-order valence-corrected chi connectivity index (χ0v) is 12.4. The van der Waals surface area contributed by atoms with E-state index in [-0.39, 0.29) is 11.3 Å². The first kappa shape index (κ1) is 15.8. The minimum absolute atomic E-state index is 0.0116. The molecule has 0 aromatic heterocycles. The van der Waals surface area contributed by atoms with E-state index in [1.165, 1.54) is 12.1 Å². The van der Waals surface area contributed by atoms with Crippen molar-refractivity contribution in [3.8, 4) is 0 Å². The molecule has 19 heavy (non-hydrogen) atoms. The van der Waals surface area contributed by atoms with Crippen molar-refractivity contribution in [3.05, 3.63) is 26.6 Å². The number of benzene rings is 1. The summed E-state index contributed by atoms with van der Waals surface area (Å²) in [5.41, 5.74) is -0.184. The van der Waals surface area contributed by atoms with Gasteiger partial charge in [-0.15, -0.1) is 0 Å². The van der Waals surface area contributed by atoms with Crippen LogP contribution in [0.25, 0.3) is 0 Å². The second kappa shape index (κ2) is 6.80. The van der Waals surface area contributed by atoms with Crippen LogP contribution < -0.4 is 10.6 Å².